The number of benzene rings is 1. The van der Waals surface area contributed by atoms with Crippen molar-refractivity contribution >= 4 is 11.6 Å². The summed E-state index contributed by atoms with van der Waals surface area (Å²) in [7, 11) is 0. The SMILES string of the molecule is Cc1nc(Cl)cc(-c2cc(F)c(F)cc2F)n1. The minimum absolute atomic E-state index is 0.108. The van der Waals surface area contributed by atoms with Gasteiger partial charge in [-0.2, -0.15) is 0 Å². The molecule has 0 bridgehead atoms. The molecule has 0 N–H and O–H groups in total. The number of aromatic nitrogens is 2. The zero-order chi connectivity index (χ0) is 12.6. The van der Waals surface area contributed by atoms with Gasteiger partial charge in [0.25, 0.3) is 0 Å². The maximum atomic E-state index is 13.5. The molecule has 17 heavy (non-hydrogen) atoms. The Morgan fingerprint density at radius 3 is 2.24 bits per heavy atom. The molecule has 88 valence electrons. The molecule has 0 radical (unpaired) electrons. The van der Waals surface area contributed by atoms with E-state index in [0.29, 0.717) is 11.9 Å². The maximum absolute atomic E-state index is 13.5. The second kappa shape index (κ2) is 4.33. The van der Waals surface area contributed by atoms with Crippen LogP contribution in [0.2, 0.25) is 5.15 Å². The van der Waals surface area contributed by atoms with Crippen molar-refractivity contribution in [3.63, 3.8) is 0 Å². The molecular weight excluding hydrogens is 253 g/mol. The molecule has 0 aliphatic rings. The first-order valence-corrected chi connectivity index (χ1v) is 5.01. The molecule has 0 saturated heterocycles. The van der Waals surface area contributed by atoms with Crippen molar-refractivity contribution in [2.24, 2.45) is 0 Å². The first kappa shape index (κ1) is 11.9. The molecule has 0 aliphatic heterocycles. The predicted octanol–water partition coefficient (Wildman–Crippen LogP) is 3.52. The van der Waals surface area contributed by atoms with Crippen molar-refractivity contribution in [1.82, 2.24) is 9.97 Å². The van der Waals surface area contributed by atoms with E-state index in [9.17, 15) is 13.2 Å². The fourth-order valence-electron chi connectivity index (χ4n) is 1.39. The Bertz CT molecular complexity index is 567. The van der Waals surface area contributed by atoms with Gasteiger partial charge in [0, 0.05) is 17.7 Å². The van der Waals surface area contributed by atoms with E-state index in [1.54, 1.807) is 6.92 Å². The minimum Gasteiger partial charge on any atom is -0.233 e. The topological polar surface area (TPSA) is 25.8 Å². The summed E-state index contributed by atoms with van der Waals surface area (Å²) in [5.41, 5.74) is -0.0461. The summed E-state index contributed by atoms with van der Waals surface area (Å²) >= 11 is 5.68. The Labute approximate surface area is 100 Å². The van der Waals surface area contributed by atoms with Gasteiger partial charge < -0.3 is 0 Å². The summed E-state index contributed by atoms with van der Waals surface area (Å²) in [5.74, 6) is -2.98. The van der Waals surface area contributed by atoms with Gasteiger partial charge in [-0.25, -0.2) is 23.1 Å². The summed E-state index contributed by atoms with van der Waals surface area (Å²) in [6.07, 6.45) is 0. The van der Waals surface area contributed by atoms with Gasteiger partial charge in [-0.15, -0.1) is 0 Å². The largest absolute Gasteiger partial charge is 0.233 e. The number of hydrogen-bond acceptors (Lipinski definition) is 2. The summed E-state index contributed by atoms with van der Waals surface area (Å²) in [5, 5.41) is 0.108. The lowest BCUT2D eigenvalue weighted by atomic mass is 10.1. The van der Waals surface area contributed by atoms with E-state index in [1.165, 1.54) is 6.07 Å². The molecule has 1 heterocycles. The maximum Gasteiger partial charge on any atom is 0.161 e. The third-order valence-corrected chi connectivity index (χ3v) is 2.29. The highest BCUT2D eigenvalue weighted by molar-refractivity contribution is 6.29. The molecule has 0 amide bonds. The highest BCUT2D eigenvalue weighted by atomic mass is 35.5. The van der Waals surface area contributed by atoms with Crippen LogP contribution in [0.3, 0.4) is 0 Å². The van der Waals surface area contributed by atoms with E-state index >= 15 is 0 Å². The second-order valence-electron chi connectivity index (χ2n) is 3.37. The van der Waals surface area contributed by atoms with Gasteiger partial charge in [-0.3, -0.25) is 0 Å². The molecule has 1 aromatic carbocycles. The van der Waals surface area contributed by atoms with Crippen LogP contribution in [-0.4, -0.2) is 9.97 Å². The normalized spacial score (nSPS) is 10.6. The van der Waals surface area contributed by atoms with Crippen LogP contribution in [0.4, 0.5) is 13.2 Å². The van der Waals surface area contributed by atoms with E-state index in [1.807, 2.05) is 0 Å². The van der Waals surface area contributed by atoms with Gasteiger partial charge in [0.05, 0.1) is 5.69 Å². The Balaban J connectivity index is 2.64. The molecule has 2 rings (SSSR count). The molecule has 0 fully saturated rings. The van der Waals surface area contributed by atoms with Crippen LogP contribution in [0.1, 0.15) is 5.82 Å². The number of halogens is 4. The average Bonchev–Trinajstić information content (AvgIpc) is 2.22. The second-order valence-corrected chi connectivity index (χ2v) is 3.76. The first-order valence-electron chi connectivity index (χ1n) is 4.63. The van der Waals surface area contributed by atoms with Crippen molar-refractivity contribution in [2.75, 3.05) is 0 Å². The van der Waals surface area contributed by atoms with Gasteiger partial charge in [-0.05, 0) is 13.0 Å². The van der Waals surface area contributed by atoms with E-state index in [4.69, 9.17) is 11.6 Å². The summed E-state index contributed by atoms with van der Waals surface area (Å²) in [6, 6.07) is 2.49. The molecule has 6 heteroatoms. The molecule has 2 nitrogen and oxygen atoms in total. The fraction of sp³-hybridized carbons (Fsp3) is 0.0909. The molecule has 1 aromatic heterocycles. The Morgan fingerprint density at radius 1 is 0.941 bits per heavy atom. The zero-order valence-corrected chi connectivity index (χ0v) is 9.39. The molecule has 0 saturated carbocycles. The molecule has 0 aliphatic carbocycles. The Morgan fingerprint density at radius 2 is 1.59 bits per heavy atom. The van der Waals surface area contributed by atoms with Gasteiger partial charge in [0.1, 0.15) is 16.8 Å². The average molecular weight is 259 g/mol. The smallest absolute Gasteiger partial charge is 0.161 e. The van der Waals surface area contributed by atoms with Crippen LogP contribution >= 0.6 is 11.6 Å². The van der Waals surface area contributed by atoms with Crippen LogP contribution in [0.15, 0.2) is 18.2 Å². The zero-order valence-electron chi connectivity index (χ0n) is 8.64. The van der Waals surface area contributed by atoms with Gasteiger partial charge >= 0.3 is 0 Å². The number of aryl methyl sites for hydroxylation is 1. The Kier molecular flexibility index (Phi) is 3.02. The van der Waals surface area contributed by atoms with Crippen molar-refractivity contribution in [3.05, 3.63) is 46.6 Å². The number of nitrogens with zero attached hydrogens (tertiary/aromatic N) is 2. The quantitative estimate of drug-likeness (QED) is 0.578. The lowest BCUT2D eigenvalue weighted by molar-refractivity contribution is 0.496. The van der Waals surface area contributed by atoms with Gasteiger partial charge in [0.15, 0.2) is 11.6 Å². The van der Waals surface area contributed by atoms with Crippen LogP contribution in [0.25, 0.3) is 11.3 Å². The molecule has 0 unspecified atom stereocenters. The van der Waals surface area contributed by atoms with E-state index in [0.717, 1.165) is 6.07 Å². The van der Waals surface area contributed by atoms with E-state index < -0.39 is 17.5 Å². The number of hydrogen-bond donors (Lipinski definition) is 0. The van der Waals surface area contributed by atoms with Crippen LogP contribution in [0.5, 0.6) is 0 Å². The number of rotatable bonds is 1. The summed E-state index contributed by atoms with van der Waals surface area (Å²) in [4.78, 5) is 7.70. The molecule has 0 spiro atoms. The minimum atomic E-state index is -1.25. The third-order valence-electron chi connectivity index (χ3n) is 2.09. The standard InChI is InChI=1S/C11H6ClF3N2/c1-5-16-10(4-11(12)17-5)6-2-8(14)9(15)3-7(6)13/h2-4H,1H3. The molecular formula is C11H6ClF3N2. The lowest BCUT2D eigenvalue weighted by Gasteiger charge is -2.05. The van der Waals surface area contributed by atoms with Crippen molar-refractivity contribution in [2.45, 2.75) is 6.92 Å². The van der Waals surface area contributed by atoms with E-state index in [2.05, 4.69) is 9.97 Å². The first-order chi connectivity index (χ1) is 7.97. The lowest BCUT2D eigenvalue weighted by Crippen LogP contribution is -1.96. The molecule has 0 atom stereocenters. The summed E-state index contributed by atoms with van der Waals surface area (Å²) < 4.78 is 39.3. The highest BCUT2D eigenvalue weighted by Gasteiger charge is 2.13. The van der Waals surface area contributed by atoms with Gasteiger partial charge in [-0.1, -0.05) is 11.6 Å². The fourth-order valence-corrected chi connectivity index (χ4v) is 1.61. The predicted molar refractivity (Wildman–Crippen MR) is 57.1 cm³/mol. The monoisotopic (exact) mass is 258 g/mol. The third kappa shape index (κ3) is 2.39. The van der Waals surface area contributed by atoms with E-state index in [-0.39, 0.29) is 16.4 Å². The van der Waals surface area contributed by atoms with Crippen molar-refractivity contribution in [3.8, 4) is 11.3 Å². The van der Waals surface area contributed by atoms with Crippen LogP contribution < -0.4 is 0 Å². The highest BCUT2D eigenvalue weighted by Crippen LogP contribution is 2.25. The van der Waals surface area contributed by atoms with Crippen molar-refractivity contribution in [1.29, 1.82) is 0 Å². The van der Waals surface area contributed by atoms with Gasteiger partial charge in [0.2, 0.25) is 0 Å². The van der Waals surface area contributed by atoms with Crippen LogP contribution in [-0.2, 0) is 0 Å². The van der Waals surface area contributed by atoms with Crippen molar-refractivity contribution < 1.29 is 13.2 Å². The summed E-state index contributed by atoms with van der Waals surface area (Å²) in [6.45, 7) is 1.56. The van der Waals surface area contributed by atoms with Crippen LogP contribution in [0, 0.1) is 24.4 Å². The molecule has 2 aromatic rings. The Hall–Kier alpha value is -1.62.